The monoisotopic (exact) mass is 371 g/mol. The number of rotatable bonds is 5. The van der Waals surface area contributed by atoms with E-state index in [1.54, 1.807) is 31.2 Å². The summed E-state index contributed by atoms with van der Waals surface area (Å²) in [7, 11) is 0. The van der Waals surface area contributed by atoms with Gasteiger partial charge in [0.05, 0.1) is 10.9 Å². The highest BCUT2D eigenvalue weighted by Crippen LogP contribution is 2.23. The highest BCUT2D eigenvalue weighted by Gasteiger charge is 2.20. The van der Waals surface area contributed by atoms with Gasteiger partial charge in [0.15, 0.2) is 10.9 Å². The molecule has 1 atom stereocenters. The smallest absolute Gasteiger partial charge is 0.254 e. The third-order valence-corrected chi connectivity index (χ3v) is 5.37. The quantitative estimate of drug-likeness (QED) is 0.479. The Morgan fingerprint density at radius 3 is 2.58 bits per heavy atom. The van der Waals surface area contributed by atoms with Gasteiger partial charge in [0.25, 0.3) is 5.56 Å². The van der Waals surface area contributed by atoms with E-state index in [4.69, 9.17) is 0 Å². The second-order valence-electron chi connectivity index (χ2n) is 6.39. The number of aromatic nitrogens is 2. The van der Waals surface area contributed by atoms with Crippen molar-refractivity contribution in [1.82, 2.24) is 9.97 Å². The zero-order valence-corrected chi connectivity index (χ0v) is 15.6. The molecule has 6 nitrogen and oxygen atoms in total. The fourth-order valence-electron chi connectivity index (χ4n) is 2.89. The zero-order valence-electron chi connectivity index (χ0n) is 14.8. The maximum Gasteiger partial charge on any atom is 0.254 e. The lowest BCUT2D eigenvalue weighted by Gasteiger charge is -2.16. The van der Waals surface area contributed by atoms with E-state index < -0.39 is 5.25 Å². The number of aryl methyl sites for hydroxylation is 1. The Kier molecular flexibility index (Phi) is 5.56. The Morgan fingerprint density at radius 1 is 1.19 bits per heavy atom. The van der Waals surface area contributed by atoms with Crippen molar-refractivity contribution in [1.29, 1.82) is 0 Å². The minimum Gasteiger partial charge on any atom is -0.325 e. The number of fused-ring (bicyclic) bond motifs is 1. The first-order valence-electron chi connectivity index (χ1n) is 8.64. The lowest BCUT2D eigenvalue weighted by Crippen LogP contribution is -2.25. The van der Waals surface area contributed by atoms with Gasteiger partial charge in [-0.1, -0.05) is 11.8 Å². The maximum absolute atomic E-state index is 12.4. The maximum atomic E-state index is 12.4. The minimum absolute atomic E-state index is 0.0192. The topological polar surface area (TPSA) is 91.9 Å². The Hall–Kier alpha value is -2.41. The molecule has 0 aliphatic heterocycles. The molecule has 0 bridgehead atoms. The molecule has 1 heterocycles. The van der Waals surface area contributed by atoms with Crippen molar-refractivity contribution >= 4 is 29.1 Å². The first-order valence-corrected chi connectivity index (χ1v) is 9.52. The predicted octanol–water partition coefficient (Wildman–Crippen LogP) is 2.97. The number of carbonyl (C=O) groups is 2. The molecule has 2 aromatic rings. The summed E-state index contributed by atoms with van der Waals surface area (Å²) < 4.78 is 0. The molecule has 1 aliphatic rings. The Labute approximate surface area is 155 Å². The summed E-state index contributed by atoms with van der Waals surface area (Å²) in [6.07, 6.45) is 3.65. The van der Waals surface area contributed by atoms with E-state index in [2.05, 4.69) is 15.3 Å². The third-order valence-electron chi connectivity index (χ3n) is 4.39. The molecular formula is C19H21N3O3S. The molecule has 0 saturated heterocycles. The second kappa shape index (κ2) is 7.86. The number of carbonyl (C=O) groups excluding carboxylic acids is 2. The molecule has 1 aliphatic carbocycles. The van der Waals surface area contributed by atoms with Crippen LogP contribution in [-0.2, 0) is 17.6 Å². The van der Waals surface area contributed by atoms with E-state index in [0.29, 0.717) is 16.4 Å². The summed E-state index contributed by atoms with van der Waals surface area (Å²) in [5, 5.41) is 2.87. The van der Waals surface area contributed by atoms with Crippen LogP contribution in [0.4, 0.5) is 5.69 Å². The molecule has 1 aromatic carbocycles. The molecular weight excluding hydrogens is 350 g/mol. The molecule has 2 N–H and O–H groups in total. The summed E-state index contributed by atoms with van der Waals surface area (Å²) in [6.45, 7) is 3.27. The van der Waals surface area contributed by atoms with Gasteiger partial charge in [-0.3, -0.25) is 14.4 Å². The first-order chi connectivity index (χ1) is 12.4. The Morgan fingerprint density at radius 2 is 1.88 bits per heavy atom. The van der Waals surface area contributed by atoms with Crippen LogP contribution in [-0.4, -0.2) is 26.9 Å². The largest absolute Gasteiger partial charge is 0.325 e. The van der Waals surface area contributed by atoms with Crippen LogP contribution in [0, 0.1) is 0 Å². The van der Waals surface area contributed by atoms with Crippen molar-refractivity contribution in [3.8, 4) is 0 Å². The van der Waals surface area contributed by atoms with Crippen molar-refractivity contribution in [2.75, 3.05) is 5.32 Å². The van der Waals surface area contributed by atoms with Crippen molar-refractivity contribution in [2.24, 2.45) is 0 Å². The molecule has 136 valence electrons. The lowest BCUT2D eigenvalue weighted by molar-refractivity contribution is -0.115. The fraction of sp³-hybridized carbons (Fsp3) is 0.368. The van der Waals surface area contributed by atoms with Crippen LogP contribution in [0.25, 0.3) is 0 Å². The number of H-pyrrole nitrogens is 1. The highest BCUT2D eigenvalue weighted by atomic mass is 32.2. The zero-order chi connectivity index (χ0) is 18.7. The number of amides is 1. The van der Waals surface area contributed by atoms with Crippen LogP contribution < -0.4 is 10.9 Å². The van der Waals surface area contributed by atoms with Crippen molar-refractivity contribution in [3.63, 3.8) is 0 Å². The molecule has 0 fully saturated rings. The summed E-state index contributed by atoms with van der Waals surface area (Å²) in [5.41, 5.74) is 2.77. The number of hydrogen-bond acceptors (Lipinski definition) is 5. The van der Waals surface area contributed by atoms with Gasteiger partial charge in [-0.05, 0) is 63.8 Å². The highest BCUT2D eigenvalue weighted by molar-refractivity contribution is 8.00. The van der Waals surface area contributed by atoms with Gasteiger partial charge >= 0.3 is 0 Å². The average Bonchev–Trinajstić information content (AvgIpc) is 2.62. The number of Topliss-reactive ketones (excluding diaryl/α,β-unsaturated/α-hetero) is 1. The normalized spacial score (nSPS) is 14.4. The van der Waals surface area contributed by atoms with Crippen LogP contribution in [0.5, 0.6) is 0 Å². The molecule has 26 heavy (non-hydrogen) atoms. The Bertz CT molecular complexity index is 890. The number of hydrogen-bond donors (Lipinski definition) is 2. The summed E-state index contributed by atoms with van der Waals surface area (Å²) in [5.74, 6) is -0.208. The second-order valence-corrected chi connectivity index (χ2v) is 7.72. The van der Waals surface area contributed by atoms with Gasteiger partial charge in [0, 0.05) is 16.8 Å². The number of benzene rings is 1. The van der Waals surface area contributed by atoms with E-state index in [-0.39, 0.29) is 17.2 Å². The molecule has 0 radical (unpaired) electrons. The van der Waals surface area contributed by atoms with E-state index >= 15 is 0 Å². The van der Waals surface area contributed by atoms with Crippen molar-refractivity contribution < 1.29 is 9.59 Å². The van der Waals surface area contributed by atoms with Crippen LogP contribution in [0.1, 0.15) is 48.3 Å². The van der Waals surface area contributed by atoms with Crippen molar-refractivity contribution in [2.45, 2.75) is 49.9 Å². The summed E-state index contributed by atoms with van der Waals surface area (Å²) in [4.78, 5) is 43.2. The molecule has 0 saturated carbocycles. The SMILES string of the molecule is CC(=O)c1ccc(NC(=O)[C@@H](C)Sc2nc3c(c(=O)[nH]2)CCCC3)cc1. The minimum atomic E-state index is -0.424. The number of nitrogens with one attached hydrogen (secondary N) is 2. The molecule has 0 unspecified atom stereocenters. The summed E-state index contributed by atoms with van der Waals surface area (Å²) >= 11 is 1.23. The van der Waals surface area contributed by atoms with E-state index in [9.17, 15) is 14.4 Å². The lowest BCUT2D eigenvalue weighted by atomic mass is 9.97. The first kappa shape index (κ1) is 18.4. The standard InChI is InChI=1S/C19H21N3O3S/c1-11(23)13-7-9-14(10-8-13)20-17(24)12(2)26-19-21-16-6-4-3-5-15(16)18(25)22-19/h7-10,12H,3-6H2,1-2H3,(H,20,24)(H,21,22,25)/t12-/m1/s1. The van der Waals surface area contributed by atoms with Gasteiger partial charge < -0.3 is 10.3 Å². The molecule has 1 amide bonds. The van der Waals surface area contributed by atoms with Crippen LogP contribution in [0.2, 0.25) is 0 Å². The number of thioether (sulfide) groups is 1. The van der Waals surface area contributed by atoms with E-state index in [1.807, 2.05) is 0 Å². The number of nitrogens with zero attached hydrogens (tertiary/aromatic N) is 1. The van der Waals surface area contributed by atoms with Gasteiger partial charge in [-0.15, -0.1) is 0 Å². The molecule has 1 aromatic heterocycles. The van der Waals surface area contributed by atoms with Crippen LogP contribution in [0.15, 0.2) is 34.2 Å². The molecule has 7 heteroatoms. The number of ketones is 1. The average molecular weight is 371 g/mol. The van der Waals surface area contributed by atoms with E-state index in [1.165, 1.54) is 18.7 Å². The fourth-order valence-corrected chi connectivity index (χ4v) is 3.70. The van der Waals surface area contributed by atoms with Crippen LogP contribution in [0.3, 0.4) is 0 Å². The van der Waals surface area contributed by atoms with E-state index in [0.717, 1.165) is 36.9 Å². The Balaban J connectivity index is 1.66. The number of aromatic amines is 1. The third kappa shape index (κ3) is 4.22. The van der Waals surface area contributed by atoms with Gasteiger partial charge in [-0.25, -0.2) is 4.98 Å². The van der Waals surface area contributed by atoms with Crippen molar-refractivity contribution in [3.05, 3.63) is 51.4 Å². The summed E-state index contributed by atoms with van der Waals surface area (Å²) in [6, 6.07) is 6.76. The van der Waals surface area contributed by atoms with Crippen LogP contribution >= 0.6 is 11.8 Å². The predicted molar refractivity (Wildman–Crippen MR) is 102 cm³/mol. The van der Waals surface area contributed by atoms with Gasteiger partial charge in [0.1, 0.15) is 0 Å². The molecule has 3 rings (SSSR count). The number of anilines is 1. The van der Waals surface area contributed by atoms with Gasteiger partial charge in [-0.2, -0.15) is 0 Å². The van der Waals surface area contributed by atoms with Gasteiger partial charge in [0.2, 0.25) is 5.91 Å². The molecule has 0 spiro atoms.